The molecule has 0 unspecified atom stereocenters. The fourth-order valence-corrected chi connectivity index (χ4v) is 2.12. The SMILES string of the molecule is Cc1ccc(-c2nc(C)nc3ccccc23)cc1. The summed E-state index contributed by atoms with van der Waals surface area (Å²) in [7, 11) is 0. The van der Waals surface area contributed by atoms with Crippen molar-refractivity contribution in [2.75, 3.05) is 0 Å². The Labute approximate surface area is 106 Å². The first-order valence-corrected chi connectivity index (χ1v) is 6.04. The minimum atomic E-state index is 0.810. The van der Waals surface area contributed by atoms with Gasteiger partial charge in [0.15, 0.2) is 0 Å². The van der Waals surface area contributed by atoms with E-state index in [1.807, 2.05) is 25.1 Å². The van der Waals surface area contributed by atoms with Crippen LogP contribution in [0.2, 0.25) is 0 Å². The summed E-state index contributed by atoms with van der Waals surface area (Å²) < 4.78 is 0. The van der Waals surface area contributed by atoms with Gasteiger partial charge in [0, 0.05) is 10.9 Å². The lowest BCUT2D eigenvalue weighted by Gasteiger charge is -2.07. The second kappa shape index (κ2) is 4.22. The topological polar surface area (TPSA) is 25.8 Å². The lowest BCUT2D eigenvalue weighted by Crippen LogP contribution is -1.93. The van der Waals surface area contributed by atoms with E-state index in [1.165, 1.54) is 5.56 Å². The van der Waals surface area contributed by atoms with Gasteiger partial charge < -0.3 is 0 Å². The van der Waals surface area contributed by atoms with E-state index in [1.54, 1.807) is 0 Å². The van der Waals surface area contributed by atoms with Gasteiger partial charge in [-0.05, 0) is 19.9 Å². The smallest absolute Gasteiger partial charge is 0.126 e. The average Bonchev–Trinajstić information content (AvgIpc) is 2.38. The summed E-state index contributed by atoms with van der Waals surface area (Å²) in [6.07, 6.45) is 0. The highest BCUT2D eigenvalue weighted by Gasteiger charge is 2.07. The summed E-state index contributed by atoms with van der Waals surface area (Å²) in [5, 5.41) is 1.10. The molecular weight excluding hydrogens is 220 g/mol. The minimum absolute atomic E-state index is 0.810. The van der Waals surface area contributed by atoms with Crippen LogP contribution in [0.1, 0.15) is 11.4 Å². The van der Waals surface area contributed by atoms with Crippen LogP contribution in [-0.4, -0.2) is 9.97 Å². The quantitative estimate of drug-likeness (QED) is 0.638. The molecule has 2 nitrogen and oxygen atoms in total. The first-order chi connectivity index (χ1) is 8.74. The third-order valence-corrected chi connectivity index (χ3v) is 3.04. The highest BCUT2D eigenvalue weighted by atomic mass is 14.9. The Morgan fingerprint density at radius 1 is 0.778 bits per heavy atom. The van der Waals surface area contributed by atoms with E-state index < -0.39 is 0 Å². The van der Waals surface area contributed by atoms with E-state index in [2.05, 4.69) is 47.2 Å². The largest absolute Gasteiger partial charge is 0.233 e. The van der Waals surface area contributed by atoms with Crippen molar-refractivity contribution >= 4 is 10.9 Å². The molecule has 0 saturated carbocycles. The number of fused-ring (bicyclic) bond motifs is 1. The highest BCUT2D eigenvalue weighted by Crippen LogP contribution is 2.25. The van der Waals surface area contributed by atoms with Gasteiger partial charge in [-0.15, -0.1) is 0 Å². The van der Waals surface area contributed by atoms with Crippen molar-refractivity contribution in [3.8, 4) is 11.3 Å². The molecule has 18 heavy (non-hydrogen) atoms. The number of para-hydroxylation sites is 1. The van der Waals surface area contributed by atoms with Crippen LogP contribution in [0.25, 0.3) is 22.2 Å². The molecule has 0 aliphatic rings. The monoisotopic (exact) mass is 234 g/mol. The van der Waals surface area contributed by atoms with Crippen LogP contribution >= 0.6 is 0 Å². The molecule has 0 aliphatic carbocycles. The molecule has 0 saturated heterocycles. The number of benzene rings is 2. The fraction of sp³-hybridized carbons (Fsp3) is 0.125. The van der Waals surface area contributed by atoms with Crippen molar-refractivity contribution in [1.82, 2.24) is 9.97 Å². The third kappa shape index (κ3) is 1.86. The van der Waals surface area contributed by atoms with E-state index in [9.17, 15) is 0 Å². The summed E-state index contributed by atoms with van der Waals surface area (Å²) in [6.45, 7) is 4.03. The molecule has 88 valence electrons. The molecule has 0 amide bonds. The third-order valence-electron chi connectivity index (χ3n) is 3.04. The van der Waals surface area contributed by atoms with Gasteiger partial charge >= 0.3 is 0 Å². The number of aryl methyl sites for hydroxylation is 2. The van der Waals surface area contributed by atoms with Crippen LogP contribution in [0, 0.1) is 13.8 Å². The maximum Gasteiger partial charge on any atom is 0.126 e. The maximum atomic E-state index is 4.59. The van der Waals surface area contributed by atoms with Crippen molar-refractivity contribution in [2.45, 2.75) is 13.8 Å². The van der Waals surface area contributed by atoms with Crippen LogP contribution in [0.5, 0.6) is 0 Å². The molecule has 0 fully saturated rings. The normalized spacial score (nSPS) is 10.8. The molecule has 2 aromatic carbocycles. The Morgan fingerprint density at radius 2 is 1.50 bits per heavy atom. The van der Waals surface area contributed by atoms with Crippen LogP contribution in [0.15, 0.2) is 48.5 Å². The van der Waals surface area contributed by atoms with Gasteiger partial charge in [0.1, 0.15) is 5.82 Å². The van der Waals surface area contributed by atoms with Crippen molar-refractivity contribution in [1.29, 1.82) is 0 Å². The van der Waals surface area contributed by atoms with Gasteiger partial charge in [-0.2, -0.15) is 0 Å². The molecular formula is C16H14N2. The molecule has 0 radical (unpaired) electrons. The summed E-state index contributed by atoms with van der Waals surface area (Å²) in [4.78, 5) is 9.06. The molecule has 0 spiro atoms. The molecule has 1 heterocycles. The summed E-state index contributed by atoms with van der Waals surface area (Å²) in [5.41, 5.74) is 4.41. The van der Waals surface area contributed by atoms with Gasteiger partial charge in [-0.3, -0.25) is 0 Å². The molecule has 3 aromatic rings. The molecule has 0 N–H and O–H groups in total. The van der Waals surface area contributed by atoms with Crippen molar-refractivity contribution in [3.05, 3.63) is 59.9 Å². The Kier molecular flexibility index (Phi) is 2.56. The molecule has 0 aliphatic heterocycles. The standard InChI is InChI=1S/C16H14N2/c1-11-7-9-13(10-8-11)16-14-5-3-4-6-15(14)17-12(2)18-16/h3-10H,1-2H3. The van der Waals surface area contributed by atoms with E-state index in [-0.39, 0.29) is 0 Å². The van der Waals surface area contributed by atoms with Crippen LogP contribution in [-0.2, 0) is 0 Å². The molecule has 0 bridgehead atoms. The van der Waals surface area contributed by atoms with Crippen LogP contribution < -0.4 is 0 Å². The number of aromatic nitrogens is 2. The minimum Gasteiger partial charge on any atom is -0.233 e. The van der Waals surface area contributed by atoms with Crippen LogP contribution in [0.4, 0.5) is 0 Å². The van der Waals surface area contributed by atoms with E-state index in [0.29, 0.717) is 0 Å². The van der Waals surface area contributed by atoms with Gasteiger partial charge in [0.05, 0.1) is 11.2 Å². The number of hydrogen-bond donors (Lipinski definition) is 0. The zero-order chi connectivity index (χ0) is 12.5. The van der Waals surface area contributed by atoms with E-state index in [0.717, 1.165) is 28.0 Å². The first-order valence-electron chi connectivity index (χ1n) is 6.04. The van der Waals surface area contributed by atoms with Crippen LogP contribution in [0.3, 0.4) is 0 Å². The lowest BCUT2D eigenvalue weighted by molar-refractivity contribution is 1.10. The summed E-state index contributed by atoms with van der Waals surface area (Å²) in [6, 6.07) is 16.6. The van der Waals surface area contributed by atoms with Gasteiger partial charge in [-0.1, -0.05) is 48.0 Å². The maximum absolute atomic E-state index is 4.59. The van der Waals surface area contributed by atoms with Gasteiger partial charge in [0.2, 0.25) is 0 Å². The zero-order valence-electron chi connectivity index (χ0n) is 10.5. The first kappa shape index (κ1) is 10.9. The predicted octanol–water partition coefficient (Wildman–Crippen LogP) is 3.91. The Morgan fingerprint density at radius 3 is 2.28 bits per heavy atom. The predicted molar refractivity (Wildman–Crippen MR) is 74.4 cm³/mol. The Bertz CT molecular complexity index is 700. The van der Waals surface area contributed by atoms with E-state index >= 15 is 0 Å². The number of hydrogen-bond acceptors (Lipinski definition) is 2. The Balaban J connectivity index is 2.31. The molecule has 2 heteroatoms. The van der Waals surface area contributed by atoms with Crippen molar-refractivity contribution in [3.63, 3.8) is 0 Å². The van der Waals surface area contributed by atoms with Crippen molar-refractivity contribution < 1.29 is 0 Å². The second-order valence-electron chi connectivity index (χ2n) is 4.50. The molecule has 3 rings (SSSR count). The number of nitrogens with zero attached hydrogens (tertiary/aromatic N) is 2. The second-order valence-corrected chi connectivity index (χ2v) is 4.50. The molecule has 0 atom stereocenters. The Hall–Kier alpha value is -2.22. The number of rotatable bonds is 1. The summed E-state index contributed by atoms with van der Waals surface area (Å²) >= 11 is 0. The van der Waals surface area contributed by atoms with Gasteiger partial charge in [0.25, 0.3) is 0 Å². The zero-order valence-corrected chi connectivity index (χ0v) is 10.5. The van der Waals surface area contributed by atoms with Gasteiger partial charge in [-0.25, -0.2) is 9.97 Å². The fourth-order valence-electron chi connectivity index (χ4n) is 2.12. The molecule has 1 aromatic heterocycles. The summed E-state index contributed by atoms with van der Waals surface area (Å²) in [5.74, 6) is 0.810. The average molecular weight is 234 g/mol. The lowest BCUT2D eigenvalue weighted by atomic mass is 10.1. The highest BCUT2D eigenvalue weighted by molar-refractivity contribution is 5.92. The van der Waals surface area contributed by atoms with E-state index in [4.69, 9.17) is 0 Å². The van der Waals surface area contributed by atoms with Crippen molar-refractivity contribution in [2.24, 2.45) is 0 Å².